The third-order valence-corrected chi connectivity index (χ3v) is 7.55. The molecule has 0 spiro atoms. The van der Waals surface area contributed by atoms with Crippen molar-refractivity contribution < 1.29 is 22.8 Å². The van der Waals surface area contributed by atoms with Gasteiger partial charge in [-0.3, -0.25) is 9.59 Å². The molecular weight excluding hydrogens is 481 g/mol. The van der Waals surface area contributed by atoms with Crippen molar-refractivity contribution in [1.29, 1.82) is 0 Å². The van der Waals surface area contributed by atoms with Crippen LogP contribution >= 0.6 is 34.4 Å². The fourth-order valence-corrected chi connectivity index (χ4v) is 5.54. The molecule has 2 amide bonds. The van der Waals surface area contributed by atoms with E-state index in [9.17, 15) is 22.8 Å². The standard InChI is InChI=1S/C20H19F3N4O2S3/c1-2-15(17(24)29)32-19-26-13(10-30-19)8-16(28)27-18-25-9-14(31-18)7-11-4-3-5-12(6-11)20(21,22)23/h3-6,9-10,15H,2,7-8H2,1H3,(H2,24,29)(H,25,27,28). The molecule has 1 atom stereocenters. The van der Waals surface area contributed by atoms with E-state index in [1.54, 1.807) is 11.4 Å². The average molecular weight is 501 g/mol. The number of hydrogen-bond acceptors (Lipinski definition) is 7. The van der Waals surface area contributed by atoms with Crippen molar-refractivity contribution in [1.82, 2.24) is 9.97 Å². The molecule has 3 aromatic rings. The van der Waals surface area contributed by atoms with Gasteiger partial charge >= 0.3 is 6.18 Å². The van der Waals surface area contributed by atoms with Crippen LogP contribution in [0, 0.1) is 0 Å². The predicted molar refractivity (Wildman–Crippen MR) is 120 cm³/mol. The van der Waals surface area contributed by atoms with Crippen LogP contribution < -0.4 is 11.1 Å². The van der Waals surface area contributed by atoms with E-state index in [2.05, 4.69) is 15.3 Å². The van der Waals surface area contributed by atoms with Gasteiger partial charge in [0.05, 0.1) is 22.9 Å². The molecule has 0 bridgehead atoms. The Kier molecular flexibility index (Phi) is 7.91. The lowest BCUT2D eigenvalue weighted by atomic mass is 10.1. The van der Waals surface area contributed by atoms with Gasteiger partial charge in [-0.05, 0) is 18.1 Å². The number of benzene rings is 1. The van der Waals surface area contributed by atoms with Crippen LogP contribution in [0.1, 0.15) is 35.0 Å². The monoisotopic (exact) mass is 500 g/mol. The number of carbonyl (C=O) groups is 2. The summed E-state index contributed by atoms with van der Waals surface area (Å²) in [6, 6.07) is 5.12. The van der Waals surface area contributed by atoms with Gasteiger partial charge in [0.15, 0.2) is 9.47 Å². The summed E-state index contributed by atoms with van der Waals surface area (Å²) in [5.41, 5.74) is 5.72. The Labute approximate surface area is 194 Å². The van der Waals surface area contributed by atoms with Crippen molar-refractivity contribution in [2.45, 2.75) is 42.0 Å². The third kappa shape index (κ3) is 6.78. The Balaban J connectivity index is 1.56. The highest BCUT2D eigenvalue weighted by Crippen LogP contribution is 2.31. The molecule has 12 heteroatoms. The number of nitrogens with zero attached hydrogens (tertiary/aromatic N) is 2. The van der Waals surface area contributed by atoms with Crippen molar-refractivity contribution in [3.8, 4) is 0 Å². The minimum absolute atomic E-state index is 0.0347. The summed E-state index contributed by atoms with van der Waals surface area (Å²) in [6.07, 6.45) is -1.96. The molecule has 3 rings (SSSR count). The van der Waals surface area contributed by atoms with E-state index >= 15 is 0 Å². The number of anilines is 1. The van der Waals surface area contributed by atoms with Gasteiger partial charge in [0, 0.05) is 22.9 Å². The zero-order valence-electron chi connectivity index (χ0n) is 16.8. The van der Waals surface area contributed by atoms with E-state index in [0.29, 0.717) is 27.1 Å². The van der Waals surface area contributed by atoms with Crippen LogP contribution in [0.25, 0.3) is 0 Å². The molecule has 0 aliphatic rings. The van der Waals surface area contributed by atoms with Gasteiger partial charge in [0.1, 0.15) is 0 Å². The quantitative estimate of drug-likeness (QED) is 0.414. The highest BCUT2D eigenvalue weighted by atomic mass is 32.2. The summed E-state index contributed by atoms with van der Waals surface area (Å²) in [5, 5.41) is 4.43. The number of thioether (sulfide) groups is 1. The number of primary amides is 1. The number of nitrogens with two attached hydrogens (primary N) is 1. The molecule has 0 aliphatic heterocycles. The van der Waals surface area contributed by atoms with E-state index in [1.165, 1.54) is 46.7 Å². The highest BCUT2D eigenvalue weighted by molar-refractivity contribution is 8.02. The van der Waals surface area contributed by atoms with E-state index in [4.69, 9.17) is 5.73 Å². The number of aromatic nitrogens is 2. The fourth-order valence-electron chi connectivity index (χ4n) is 2.72. The molecule has 0 saturated heterocycles. The van der Waals surface area contributed by atoms with Gasteiger partial charge in [-0.1, -0.05) is 36.9 Å². The van der Waals surface area contributed by atoms with E-state index in [1.807, 2.05) is 6.92 Å². The molecule has 6 nitrogen and oxygen atoms in total. The topological polar surface area (TPSA) is 98.0 Å². The largest absolute Gasteiger partial charge is 0.416 e. The second kappa shape index (κ2) is 10.5. The summed E-state index contributed by atoms with van der Waals surface area (Å²) in [4.78, 5) is 32.9. The molecule has 170 valence electrons. The minimum atomic E-state index is -4.39. The highest BCUT2D eigenvalue weighted by Gasteiger charge is 2.30. The zero-order chi connectivity index (χ0) is 23.3. The van der Waals surface area contributed by atoms with Gasteiger partial charge in [-0.25, -0.2) is 9.97 Å². The molecule has 0 aliphatic carbocycles. The SMILES string of the molecule is CCC(Sc1nc(CC(=O)Nc2ncc(Cc3cccc(C(F)(F)F)c3)s2)cs1)C(N)=O. The predicted octanol–water partition coefficient (Wildman–Crippen LogP) is 4.75. The number of alkyl halides is 3. The number of carbonyl (C=O) groups excluding carboxylic acids is 2. The summed E-state index contributed by atoms with van der Waals surface area (Å²) in [6.45, 7) is 1.86. The Hall–Kier alpha value is -2.44. The summed E-state index contributed by atoms with van der Waals surface area (Å²) < 4.78 is 39.3. The molecule has 1 unspecified atom stereocenters. The third-order valence-electron chi connectivity index (χ3n) is 4.24. The molecule has 32 heavy (non-hydrogen) atoms. The maximum atomic E-state index is 12.9. The maximum absolute atomic E-state index is 12.9. The van der Waals surface area contributed by atoms with Crippen LogP contribution in [0.5, 0.6) is 0 Å². The Morgan fingerprint density at radius 1 is 1.31 bits per heavy atom. The van der Waals surface area contributed by atoms with Gasteiger partial charge in [-0.2, -0.15) is 13.2 Å². The van der Waals surface area contributed by atoms with Crippen LogP contribution in [-0.4, -0.2) is 27.0 Å². The first-order chi connectivity index (χ1) is 15.1. The van der Waals surface area contributed by atoms with Crippen LogP contribution in [0.15, 0.2) is 40.2 Å². The van der Waals surface area contributed by atoms with Gasteiger partial charge in [0.2, 0.25) is 11.8 Å². The first-order valence-electron chi connectivity index (χ1n) is 9.45. The van der Waals surface area contributed by atoms with Crippen LogP contribution in [0.2, 0.25) is 0 Å². The second-order valence-electron chi connectivity index (χ2n) is 6.75. The molecule has 0 radical (unpaired) electrons. The number of nitrogens with one attached hydrogen (secondary N) is 1. The van der Waals surface area contributed by atoms with Gasteiger partial charge < -0.3 is 11.1 Å². The number of thiazole rings is 2. The number of amides is 2. The number of rotatable bonds is 9. The molecule has 2 aromatic heterocycles. The van der Waals surface area contributed by atoms with Gasteiger partial charge in [0.25, 0.3) is 0 Å². The molecular formula is C20H19F3N4O2S3. The van der Waals surface area contributed by atoms with Crippen LogP contribution in [0.4, 0.5) is 18.3 Å². The van der Waals surface area contributed by atoms with Crippen LogP contribution in [-0.2, 0) is 28.6 Å². The lowest BCUT2D eigenvalue weighted by Gasteiger charge is -2.07. The fraction of sp³-hybridized carbons (Fsp3) is 0.300. The van der Waals surface area contributed by atoms with Crippen molar-refractivity contribution in [3.63, 3.8) is 0 Å². The van der Waals surface area contributed by atoms with E-state index in [-0.39, 0.29) is 24.0 Å². The summed E-state index contributed by atoms with van der Waals surface area (Å²) in [7, 11) is 0. The average Bonchev–Trinajstić information content (AvgIpc) is 3.34. The molecule has 0 fully saturated rings. The first-order valence-corrected chi connectivity index (χ1v) is 12.0. The second-order valence-corrected chi connectivity index (χ2v) is 10.2. The first kappa shape index (κ1) is 24.2. The van der Waals surface area contributed by atoms with Crippen LogP contribution in [0.3, 0.4) is 0 Å². The zero-order valence-corrected chi connectivity index (χ0v) is 19.3. The van der Waals surface area contributed by atoms with Crippen molar-refractivity contribution in [3.05, 3.63) is 57.5 Å². The lowest BCUT2D eigenvalue weighted by Crippen LogP contribution is -2.24. The maximum Gasteiger partial charge on any atom is 0.416 e. The normalized spacial score (nSPS) is 12.5. The smallest absolute Gasteiger partial charge is 0.369 e. The molecule has 2 heterocycles. The van der Waals surface area contributed by atoms with E-state index < -0.39 is 17.6 Å². The number of halogens is 3. The van der Waals surface area contributed by atoms with Gasteiger partial charge in [-0.15, -0.1) is 22.7 Å². The van der Waals surface area contributed by atoms with Crippen molar-refractivity contribution >= 4 is 51.4 Å². The minimum Gasteiger partial charge on any atom is -0.369 e. The van der Waals surface area contributed by atoms with E-state index in [0.717, 1.165) is 17.0 Å². The Morgan fingerprint density at radius 3 is 2.78 bits per heavy atom. The van der Waals surface area contributed by atoms with Crippen molar-refractivity contribution in [2.75, 3.05) is 5.32 Å². The number of hydrogen-bond donors (Lipinski definition) is 2. The summed E-state index contributed by atoms with van der Waals surface area (Å²) >= 11 is 3.82. The molecule has 0 saturated carbocycles. The summed E-state index contributed by atoms with van der Waals surface area (Å²) in [5.74, 6) is -0.717. The Bertz CT molecular complexity index is 1100. The molecule has 1 aromatic carbocycles. The van der Waals surface area contributed by atoms with Crippen molar-refractivity contribution in [2.24, 2.45) is 5.73 Å². The molecule has 3 N–H and O–H groups in total. The lowest BCUT2D eigenvalue weighted by molar-refractivity contribution is -0.137. The Morgan fingerprint density at radius 2 is 2.09 bits per heavy atom.